The van der Waals surface area contributed by atoms with Gasteiger partial charge >= 0.3 is 6.18 Å². The number of nitrogens with zero attached hydrogens (tertiary/aromatic N) is 1. The zero-order valence-corrected chi connectivity index (χ0v) is 13.7. The van der Waals surface area contributed by atoms with Gasteiger partial charge in [0, 0.05) is 31.1 Å². The van der Waals surface area contributed by atoms with E-state index >= 15 is 0 Å². The standard InChI is InChI=1S/C10H14F3N5.2C2H6/c1-16-9-3-6(10(11,12)13)2-8(18-9)4-7(14)5-17-15;2*1-2/h2-3,5,17H,4,14-15H2,1H3,(H,16,18);2*1-2H3/b7-5-;;. The van der Waals surface area contributed by atoms with Crippen LogP contribution in [0.15, 0.2) is 24.0 Å². The minimum atomic E-state index is -4.42. The third-order valence-electron chi connectivity index (χ3n) is 2.12. The maximum absolute atomic E-state index is 12.6. The van der Waals surface area contributed by atoms with Gasteiger partial charge in [0.25, 0.3) is 0 Å². The Morgan fingerprint density at radius 2 is 1.77 bits per heavy atom. The number of hydrogen-bond donors (Lipinski definition) is 4. The van der Waals surface area contributed by atoms with Crippen LogP contribution in [-0.2, 0) is 12.6 Å². The molecule has 0 saturated heterocycles. The van der Waals surface area contributed by atoms with E-state index in [2.05, 4.69) is 15.7 Å². The fourth-order valence-electron chi connectivity index (χ4n) is 1.34. The van der Waals surface area contributed by atoms with Gasteiger partial charge in [0.15, 0.2) is 0 Å². The van der Waals surface area contributed by atoms with Crippen molar-refractivity contribution in [3.63, 3.8) is 0 Å². The molecule has 5 nitrogen and oxygen atoms in total. The molecule has 0 radical (unpaired) electrons. The van der Waals surface area contributed by atoms with E-state index in [1.807, 2.05) is 27.7 Å². The number of anilines is 1. The van der Waals surface area contributed by atoms with Crippen LogP contribution in [-0.4, -0.2) is 12.0 Å². The highest BCUT2D eigenvalue weighted by Gasteiger charge is 2.31. The van der Waals surface area contributed by atoms with Gasteiger partial charge in [-0.1, -0.05) is 27.7 Å². The third-order valence-corrected chi connectivity index (χ3v) is 2.12. The molecule has 1 aromatic rings. The summed E-state index contributed by atoms with van der Waals surface area (Å²) in [5, 5.41) is 2.57. The molecule has 8 heteroatoms. The molecule has 0 unspecified atom stereocenters. The Balaban J connectivity index is 0. The van der Waals surface area contributed by atoms with Gasteiger partial charge in [-0.3, -0.25) is 5.84 Å². The number of nitrogens with one attached hydrogen (secondary N) is 2. The molecule has 1 aromatic heterocycles. The van der Waals surface area contributed by atoms with E-state index in [4.69, 9.17) is 11.6 Å². The Hall–Kier alpha value is -1.96. The number of aromatic nitrogens is 1. The van der Waals surface area contributed by atoms with E-state index in [0.717, 1.165) is 12.1 Å². The van der Waals surface area contributed by atoms with Crippen molar-refractivity contribution in [2.24, 2.45) is 11.6 Å². The molecule has 0 saturated carbocycles. The lowest BCUT2D eigenvalue weighted by Crippen LogP contribution is -2.18. The Morgan fingerprint density at radius 3 is 2.18 bits per heavy atom. The van der Waals surface area contributed by atoms with Gasteiger partial charge in [-0.2, -0.15) is 13.2 Å². The average molecular weight is 321 g/mol. The van der Waals surface area contributed by atoms with Crippen LogP contribution in [0, 0.1) is 0 Å². The maximum atomic E-state index is 12.6. The second kappa shape index (κ2) is 11.7. The van der Waals surface area contributed by atoms with Crippen LogP contribution in [0.25, 0.3) is 0 Å². The third kappa shape index (κ3) is 8.35. The summed E-state index contributed by atoms with van der Waals surface area (Å²) in [6, 6.07) is 1.89. The summed E-state index contributed by atoms with van der Waals surface area (Å²) in [6.07, 6.45) is -3.06. The summed E-state index contributed by atoms with van der Waals surface area (Å²) < 4.78 is 37.9. The molecular weight excluding hydrogens is 295 g/mol. The van der Waals surface area contributed by atoms with Gasteiger partial charge in [0.05, 0.1) is 5.56 Å². The van der Waals surface area contributed by atoms with Gasteiger partial charge in [0.1, 0.15) is 5.82 Å². The first-order valence-electron chi connectivity index (χ1n) is 7.03. The Kier molecular flexibility index (Phi) is 11.8. The predicted octanol–water partition coefficient (Wildman–Crippen LogP) is 3.00. The quantitative estimate of drug-likeness (QED) is 0.506. The van der Waals surface area contributed by atoms with Gasteiger partial charge < -0.3 is 16.5 Å². The summed E-state index contributed by atoms with van der Waals surface area (Å²) in [5.74, 6) is 5.15. The number of pyridine rings is 1. The lowest BCUT2D eigenvalue weighted by Gasteiger charge is -2.11. The molecule has 128 valence electrons. The first-order chi connectivity index (χ1) is 10.4. The van der Waals surface area contributed by atoms with Gasteiger partial charge in [-0.15, -0.1) is 0 Å². The number of allylic oxidation sites excluding steroid dienone is 1. The number of rotatable bonds is 4. The van der Waals surface area contributed by atoms with Crippen LogP contribution in [0.4, 0.5) is 19.0 Å². The number of alkyl halides is 3. The smallest absolute Gasteiger partial charge is 0.401 e. The zero-order valence-electron chi connectivity index (χ0n) is 13.7. The number of hydrazine groups is 1. The molecule has 6 N–H and O–H groups in total. The van der Waals surface area contributed by atoms with Crippen LogP contribution in [0.1, 0.15) is 39.0 Å². The SMILES string of the molecule is CC.CC.CNc1cc(C(F)(F)F)cc(C/C(N)=C/NN)n1. The van der Waals surface area contributed by atoms with Crippen LogP contribution in [0.2, 0.25) is 0 Å². The molecule has 0 spiro atoms. The second-order valence-electron chi connectivity index (χ2n) is 3.54. The highest BCUT2D eigenvalue weighted by Crippen LogP contribution is 2.31. The van der Waals surface area contributed by atoms with Crippen molar-refractivity contribution in [1.29, 1.82) is 0 Å². The molecule has 1 rings (SSSR count). The fourth-order valence-corrected chi connectivity index (χ4v) is 1.34. The van der Waals surface area contributed by atoms with Crippen molar-refractivity contribution in [2.45, 2.75) is 40.3 Å². The van der Waals surface area contributed by atoms with Crippen LogP contribution >= 0.6 is 0 Å². The van der Waals surface area contributed by atoms with Crippen LogP contribution in [0.3, 0.4) is 0 Å². The van der Waals surface area contributed by atoms with Gasteiger partial charge in [-0.25, -0.2) is 4.98 Å². The Bertz CT molecular complexity index is 445. The molecule has 0 bridgehead atoms. The van der Waals surface area contributed by atoms with Crippen molar-refractivity contribution < 1.29 is 13.2 Å². The summed E-state index contributed by atoms with van der Waals surface area (Å²) in [4.78, 5) is 3.99. The van der Waals surface area contributed by atoms with Crippen LogP contribution < -0.4 is 22.3 Å². The van der Waals surface area contributed by atoms with E-state index in [1.54, 1.807) is 0 Å². The van der Waals surface area contributed by atoms with E-state index < -0.39 is 11.7 Å². The number of halogens is 3. The summed E-state index contributed by atoms with van der Waals surface area (Å²) in [5.41, 5.74) is 7.47. The molecule has 0 aliphatic rings. The largest absolute Gasteiger partial charge is 0.416 e. The molecule has 0 atom stereocenters. The Labute approximate surface area is 130 Å². The van der Waals surface area contributed by atoms with Crippen molar-refractivity contribution in [3.8, 4) is 0 Å². The van der Waals surface area contributed by atoms with Gasteiger partial charge in [-0.05, 0) is 12.1 Å². The van der Waals surface area contributed by atoms with Crippen LogP contribution in [0.5, 0.6) is 0 Å². The second-order valence-corrected chi connectivity index (χ2v) is 3.54. The molecule has 0 aliphatic carbocycles. The predicted molar refractivity (Wildman–Crippen MR) is 84.8 cm³/mol. The summed E-state index contributed by atoms with van der Waals surface area (Å²) >= 11 is 0. The average Bonchev–Trinajstić information content (AvgIpc) is 2.50. The topological polar surface area (TPSA) is 89.0 Å². The van der Waals surface area contributed by atoms with E-state index in [9.17, 15) is 13.2 Å². The highest BCUT2D eigenvalue weighted by molar-refractivity contribution is 5.40. The number of hydrogen-bond acceptors (Lipinski definition) is 5. The highest BCUT2D eigenvalue weighted by atomic mass is 19.4. The normalized spacial score (nSPS) is 10.7. The monoisotopic (exact) mass is 321 g/mol. The minimum Gasteiger partial charge on any atom is -0.401 e. The molecule has 0 amide bonds. The van der Waals surface area contributed by atoms with E-state index in [0.29, 0.717) is 0 Å². The lowest BCUT2D eigenvalue weighted by atomic mass is 10.1. The van der Waals surface area contributed by atoms with E-state index in [-0.39, 0.29) is 23.6 Å². The van der Waals surface area contributed by atoms with Crippen molar-refractivity contribution in [2.75, 3.05) is 12.4 Å². The molecule has 0 aromatic carbocycles. The summed E-state index contributed by atoms with van der Waals surface area (Å²) in [7, 11) is 1.49. The van der Waals surface area contributed by atoms with Crippen molar-refractivity contribution >= 4 is 5.82 Å². The first-order valence-corrected chi connectivity index (χ1v) is 7.03. The van der Waals surface area contributed by atoms with E-state index in [1.165, 1.54) is 13.2 Å². The van der Waals surface area contributed by atoms with Crippen molar-refractivity contribution in [3.05, 3.63) is 35.3 Å². The molecule has 0 fully saturated rings. The minimum absolute atomic E-state index is 0.0722. The maximum Gasteiger partial charge on any atom is 0.416 e. The summed E-state index contributed by atoms with van der Waals surface area (Å²) in [6.45, 7) is 8.00. The molecule has 1 heterocycles. The molecule has 0 aliphatic heterocycles. The molecular formula is C14H26F3N5. The van der Waals surface area contributed by atoms with Crippen molar-refractivity contribution in [1.82, 2.24) is 10.4 Å². The first kappa shape index (κ1) is 22.3. The van der Waals surface area contributed by atoms with Gasteiger partial charge in [0.2, 0.25) is 0 Å². The fraction of sp³-hybridized carbons (Fsp3) is 0.500. The zero-order chi connectivity index (χ0) is 17.8. The molecule has 22 heavy (non-hydrogen) atoms. The number of nitrogens with two attached hydrogens (primary N) is 2. The lowest BCUT2D eigenvalue weighted by molar-refractivity contribution is -0.137. The Morgan fingerprint density at radius 1 is 1.23 bits per heavy atom.